The molecule has 0 amide bonds. The number of hydrogen-bond donors (Lipinski definition) is 1. The van der Waals surface area contributed by atoms with Gasteiger partial charge in [0.2, 0.25) is 0 Å². The highest BCUT2D eigenvalue weighted by molar-refractivity contribution is 9.12. The zero-order valence-electron chi connectivity index (χ0n) is 12.8. The van der Waals surface area contributed by atoms with E-state index in [0.717, 1.165) is 37.5 Å². The molecule has 3 aromatic carbocycles. The van der Waals surface area contributed by atoms with Crippen LogP contribution in [0.5, 0.6) is 0 Å². The predicted octanol–water partition coefficient (Wildman–Crippen LogP) is 5.19. The van der Waals surface area contributed by atoms with Crippen molar-refractivity contribution in [3.8, 4) is 0 Å². The number of fused-ring (bicyclic) bond motifs is 4. The number of halogens is 1. The van der Waals surface area contributed by atoms with Gasteiger partial charge < -0.3 is 9.64 Å². The van der Waals surface area contributed by atoms with Gasteiger partial charge in [-0.15, -0.1) is 0 Å². The molecule has 2 nitrogen and oxygen atoms in total. The minimum Gasteiger partial charge on any atom is -0.457 e. The molecule has 4 heteroatoms. The molecular formula is C20H13BBrNO. The maximum Gasteiger partial charge on any atom is 0.332 e. The van der Waals surface area contributed by atoms with Gasteiger partial charge in [-0.2, -0.15) is 0 Å². The van der Waals surface area contributed by atoms with Crippen LogP contribution in [0.4, 0.5) is 5.69 Å². The van der Waals surface area contributed by atoms with Crippen molar-refractivity contribution in [2.24, 2.45) is 0 Å². The SMILES string of the molecule is BrC1=Cc2ccccc2NB1c1cccc2c1oc1ccccc12. The largest absolute Gasteiger partial charge is 0.457 e. The summed E-state index contributed by atoms with van der Waals surface area (Å²) < 4.78 is 7.29. The number of furan rings is 1. The Morgan fingerprint density at radius 2 is 1.62 bits per heavy atom. The second-order valence-corrected chi connectivity index (χ2v) is 6.93. The maximum atomic E-state index is 6.19. The van der Waals surface area contributed by atoms with Gasteiger partial charge in [-0.3, -0.25) is 0 Å². The van der Waals surface area contributed by atoms with Gasteiger partial charge in [-0.05, 0) is 33.6 Å². The molecule has 0 radical (unpaired) electrons. The van der Waals surface area contributed by atoms with Crippen LogP contribution >= 0.6 is 15.9 Å². The molecule has 0 saturated heterocycles. The van der Waals surface area contributed by atoms with E-state index in [-0.39, 0.29) is 6.85 Å². The van der Waals surface area contributed by atoms with Crippen LogP contribution in [0.2, 0.25) is 0 Å². The lowest BCUT2D eigenvalue weighted by atomic mass is 9.54. The molecular weight excluding hydrogens is 361 g/mol. The number of para-hydroxylation sites is 3. The van der Waals surface area contributed by atoms with Crippen LogP contribution in [-0.4, -0.2) is 6.85 Å². The Labute approximate surface area is 148 Å². The smallest absolute Gasteiger partial charge is 0.332 e. The number of anilines is 1. The van der Waals surface area contributed by atoms with E-state index in [4.69, 9.17) is 4.42 Å². The zero-order valence-corrected chi connectivity index (χ0v) is 14.4. The van der Waals surface area contributed by atoms with Gasteiger partial charge in [0, 0.05) is 16.5 Å². The van der Waals surface area contributed by atoms with Gasteiger partial charge in [-0.1, -0.05) is 70.5 Å². The highest BCUT2D eigenvalue weighted by Crippen LogP contribution is 2.31. The van der Waals surface area contributed by atoms with E-state index in [1.807, 2.05) is 12.1 Å². The molecule has 1 aromatic heterocycles. The van der Waals surface area contributed by atoms with Crippen LogP contribution in [0, 0.1) is 0 Å². The first-order chi connectivity index (χ1) is 11.8. The quantitative estimate of drug-likeness (QED) is 0.465. The standard InChI is InChI=1S/C20H13BBrNO/c22-19-12-13-6-1-3-10-17(13)23-21(19)16-9-5-8-15-14-7-2-4-11-18(14)24-20(15)16/h1-12,23H. The van der Waals surface area contributed by atoms with E-state index in [9.17, 15) is 0 Å². The Kier molecular flexibility index (Phi) is 3.07. The Hall–Kier alpha value is -2.46. The summed E-state index contributed by atoms with van der Waals surface area (Å²) in [6.07, 6.45) is 2.18. The summed E-state index contributed by atoms with van der Waals surface area (Å²) in [4.78, 5) is 0. The highest BCUT2D eigenvalue weighted by atomic mass is 79.9. The fraction of sp³-hybridized carbons (Fsp3) is 0. The summed E-state index contributed by atoms with van der Waals surface area (Å²) in [5.41, 5.74) is 5.34. The molecule has 5 rings (SSSR count). The van der Waals surface area contributed by atoms with Crippen LogP contribution in [0.25, 0.3) is 28.0 Å². The fourth-order valence-corrected chi connectivity index (χ4v) is 4.04. The first kappa shape index (κ1) is 13.9. The highest BCUT2D eigenvalue weighted by Gasteiger charge is 2.28. The number of benzene rings is 3. The second kappa shape index (κ2) is 5.28. The third-order valence-corrected chi connectivity index (χ3v) is 5.26. The topological polar surface area (TPSA) is 25.2 Å². The molecule has 2 heterocycles. The van der Waals surface area contributed by atoms with Crippen molar-refractivity contribution in [3.05, 3.63) is 76.7 Å². The second-order valence-electron chi connectivity index (χ2n) is 6.02. The van der Waals surface area contributed by atoms with Crippen LogP contribution < -0.4 is 10.7 Å². The first-order valence-corrected chi connectivity index (χ1v) is 8.73. The van der Waals surface area contributed by atoms with Gasteiger partial charge in [0.05, 0.1) is 0 Å². The molecule has 0 bridgehead atoms. The molecule has 0 unspecified atom stereocenters. The lowest BCUT2D eigenvalue weighted by molar-refractivity contribution is 0.671. The summed E-state index contributed by atoms with van der Waals surface area (Å²) in [6.45, 7) is 0.0455. The maximum absolute atomic E-state index is 6.19. The lowest BCUT2D eigenvalue weighted by Crippen LogP contribution is -2.41. The van der Waals surface area contributed by atoms with E-state index in [1.165, 1.54) is 5.56 Å². The average Bonchev–Trinajstić information content (AvgIpc) is 3.00. The van der Waals surface area contributed by atoms with Crippen LogP contribution in [0.3, 0.4) is 0 Å². The van der Waals surface area contributed by atoms with E-state index in [0.29, 0.717) is 0 Å². The Morgan fingerprint density at radius 1 is 0.833 bits per heavy atom. The van der Waals surface area contributed by atoms with Crippen LogP contribution in [0.1, 0.15) is 5.56 Å². The van der Waals surface area contributed by atoms with Crippen LogP contribution in [0.15, 0.2) is 75.5 Å². The third-order valence-electron chi connectivity index (χ3n) is 4.58. The minimum absolute atomic E-state index is 0.0455. The number of rotatable bonds is 1. The zero-order chi connectivity index (χ0) is 16.1. The normalized spacial score (nSPS) is 13.7. The molecule has 24 heavy (non-hydrogen) atoms. The summed E-state index contributed by atoms with van der Waals surface area (Å²) in [5.74, 6) is 0. The molecule has 1 aliphatic heterocycles. The summed E-state index contributed by atoms with van der Waals surface area (Å²) in [5, 5.41) is 5.94. The molecule has 0 fully saturated rings. The van der Waals surface area contributed by atoms with Gasteiger partial charge >= 0.3 is 6.85 Å². The van der Waals surface area contributed by atoms with Crippen molar-refractivity contribution in [1.82, 2.24) is 0 Å². The van der Waals surface area contributed by atoms with E-state index < -0.39 is 0 Å². The van der Waals surface area contributed by atoms with E-state index in [1.54, 1.807) is 0 Å². The van der Waals surface area contributed by atoms with Crippen molar-refractivity contribution in [3.63, 3.8) is 0 Å². The van der Waals surface area contributed by atoms with Gasteiger partial charge in [0.25, 0.3) is 0 Å². The van der Waals surface area contributed by atoms with Crippen molar-refractivity contribution < 1.29 is 4.42 Å². The summed E-state index contributed by atoms with van der Waals surface area (Å²) in [6, 6.07) is 22.9. The molecule has 114 valence electrons. The van der Waals surface area contributed by atoms with Crippen molar-refractivity contribution in [1.29, 1.82) is 0 Å². The van der Waals surface area contributed by atoms with Crippen molar-refractivity contribution in [2.45, 2.75) is 0 Å². The lowest BCUT2D eigenvalue weighted by Gasteiger charge is -2.23. The summed E-state index contributed by atoms with van der Waals surface area (Å²) in [7, 11) is 0. The third kappa shape index (κ3) is 2.03. The molecule has 4 aromatic rings. The van der Waals surface area contributed by atoms with Gasteiger partial charge in [0.1, 0.15) is 11.2 Å². The van der Waals surface area contributed by atoms with Crippen molar-refractivity contribution >= 4 is 61.9 Å². The fourth-order valence-electron chi connectivity index (χ4n) is 3.43. The molecule has 1 aliphatic rings. The molecule has 0 atom stereocenters. The average molecular weight is 374 g/mol. The van der Waals surface area contributed by atoms with Crippen molar-refractivity contribution in [2.75, 3.05) is 5.23 Å². The Balaban J connectivity index is 1.73. The van der Waals surface area contributed by atoms with E-state index in [2.05, 4.69) is 81.8 Å². The molecule has 0 aliphatic carbocycles. The predicted molar refractivity (Wildman–Crippen MR) is 106 cm³/mol. The van der Waals surface area contributed by atoms with E-state index >= 15 is 0 Å². The Bertz CT molecular complexity index is 1110. The van der Waals surface area contributed by atoms with Crippen LogP contribution in [-0.2, 0) is 0 Å². The number of hydrogen-bond acceptors (Lipinski definition) is 2. The molecule has 0 saturated carbocycles. The van der Waals surface area contributed by atoms with Gasteiger partial charge in [0.15, 0.2) is 0 Å². The molecule has 0 spiro atoms. The minimum atomic E-state index is 0.0455. The van der Waals surface area contributed by atoms with Gasteiger partial charge in [-0.25, -0.2) is 0 Å². The first-order valence-electron chi connectivity index (χ1n) is 7.94. The Morgan fingerprint density at radius 3 is 2.58 bits per heavy atom. The summed E-state index contributed by atoms with van der Waals surface area (Å²) >= 11 is 3.75. The monoisotopic (exact) mass is 373 g/mol. The number of nitrogens with one attached hydrogen (secondary N) is 1. The molecule has 1 N–H and O–H groups in total.